The van der Waals surface area contributed by atoms with E-state index in [9.17, 15) is 9.59 Å². The maximum atomic E-state index is 11.9. The molecule has 0 aromatic heterocycles. The first-order valence-electron chi connectivity index (χ1n) is 9.37. The third-order valence-electron chi connectivity index (χ3n) is 4.41. The van der Waals surface area contributed by atoms with E-state index in [1.165, 1.54) is 6.08 Å². The summed E-state index contributed by atoms with van der Waals surface area (Å²) in [6.07, 6.45) is 3.72. The average Bonchev–Trinajstić information content (AvgIpc) is 2.76. The number of fused-ring (bicyclic) bond motifs is 1. The second-order valence-corrected chi connectivity index (χ2v) is 6.50. The quantitative estimate of drug-likeness (QED) is 0.471. The molecular formula is C24H23NO4. The van der Waals surface area contributed by atoms with Crippen LogP contribution in [0.5, 0.6) is 5.75 Å². The monoisotopic (exact) mass is 389 g/mol. The molecule has 3 aromatic carbocycles. The molecule has 0 heterocycles. The predicted octanol–water partition coefficient (Wildman–Crippen LogP) is 3.76. The topological polar surface area (TPSA) is 64.6 Å². The van der Waals surface area contributed by atoms with E-state index < -0.39 is 5.97 Å². The summed E-state index contributed by atoms with van der Waals surface area (Å²) >= 11 is 0. The molecule has 0 aliphatic heterocycles. The lowest BCUT2D eigenvalue weighted by molar-refractivity contribution is -0.143. The molecule has 0 atom stereocenters. The molecule has 3 aromatic rings. The molecule has 0 saturated heterocycles. The number of rotatable bonds is 8. The molecule has 0 bridgehead atoms. The number of hydrogen-bond acceptors (Lipinski definition) is 4. The SMILES string of the molecule is COc1ccc2cc(/C=C/C(=O)OCC(=O)NCCc3ccccc3)ccc2c1. The number of carbonyl (C=O) groups excluding carboxylic acids is 2. The molecule has 1 N–H and O–H groups in total. The Bertz CT molecular complexity index is 1010. The lowest BCUT2D eigenvalue weighted by Gasteiger charge is -2.05. The maximum absolute atomic E-state index is 11.9. The van der Waals surface area contributed by atoms with Crippen molar-refractivity contribution in [2.75, 3.05) is 20.3 Å². The van der Waals surface area contributed by atoms with Gasteiger partial charge in [0.15, 0.2) is 6.61 Å². The van der Waals surface area contributed by atoms with Crippen LogP contribution in [0.4, 0.5) is 0 Å². The van der Waals surface area contributed by atoms with E-state index in [0.717, 1.165) is 34.1 Å². The van der Waals surface area contributed by atoms with Crippen molar-refractivity contribution in [3.05, 3.63) is 83.9 Å². The summed E-state index contributed by atoms with van der Waals surface area (Å²) in [5.74, 6) is -0.0771. The van der Waals surface area contributed by atoms with Gasteiger partial charge in [-0.05, 0) is 52.6 Å². The second-order valence-electron chi connectivity index (χ2n) is 6.50. The van der Waals surface area contributed by atoms with Crippen molar-refractivity contribution in [1.82, 2.24) is 5.32 Å². The van der Waals surface area contributed by atoms with Gasteiger partial charge in [0.1, 0.15) is 5.75 Å². The van der Waals surface area contributed by atoms with Crippen molar-refractivity contribution >= 4 is 28.7 Å². The molecule has 1 amide bonds. The summed E-state index contributed by atoms with van der Waals surface area (Å²) in [6.45, 7) is 0.202. The van der Waals surface area contributed by atoms with Crippen molar-refractivity contribution in [3.8, 4) is 5.75 Å². The van der Waals surface area contributed by atoms with Crippen LogP contribution in [0.1, 0.15) is 11.1 Å². The average molecular weight is 389 g/mol. The highest BCUT2D eigenvalue weighted by Gasteiger charge is 2.05. The van der Waals surface area contributed by atoms with Crippen molar-refractivity contribution in [2.24, 2.45) is 0 Å². The van der Waals surface area contributed by atoms with Crippen LogP contribution in [-0.2, 0) is 20.7 Å². The van der Waals surface area contributed by atoms with E-state index in [2.05, 4.69) is 5.32 Å². The maximum Gasteiger partial charge on any atom is 0.331 e. The Kier molecular flexibility index (Phi) is 7.00. The number of benzene rings is 3. The normalized spacial score (nSPS) is 10.8. The zero-order chi connectivity index (χ0) is 20.5. The first kappa shape index (κ1) is 20.1. The lowest BCUT2D eigenvalue weighted by atomic mass is 10.1. The number of esters is 1. The first-order chi connectivity index (χ1) is 14.1. The summed E-state index contributed by atoms with van der Waals surface area (Å²) in [4.78, 5) is 23.6. The van der Waals surface area contributed by atoms with E-state index in [4.69, 9.17) is 9.47 Å². The summed E-state index contributed by atoms with van der Waals surface area (Å²) in [7, 11) is 1.63. The summed E-state index contributed by atoms with van der Waals surface area (Å²) in [5, 5.41) is 4.83. The van der Waals surface area contributed by atoms with Gasteiger partial charge in [0.25, 0.3) is 5.91 Å². The fourth-order valence-corrected chi connectivity index (χ4v) is 2.86. The van der Waals surface area contributed by atoms with E-state index >= 15 is 0 Å². The number of amides is 1. The molecular weight excluding hydrogens is 366 g/mol. The summed E-state index contributed by atoms with van der Waals surface area (Å²) < 4.78 is 10.2. The standard InChI is InChI=1S/C24H23NO4/c1-28-22-11-10-20-15-19(7-9-21(20)16-22)8-12-24(27)29-17-23(26)25-14-13-18-5-3-2-4-6-18/h2-12,15-16H,13-14,17H2,1H3,(H,25,26)/b12-8+. The van der Waals surface area contributed by atoms with Crippen LogP contribution < -0.4 is 10.1 Å². The van der Waals surface area contributed by atoms with Crippen LogP contribution in [0.2, 0.25) is 0 Å². The molecule has 0 saturated carbocycles. The number of hydrogen-bond donors (Lipinski definition) is 1. The van der Waals surface area contributed by atoms with Crippen molar-refractivity contribution < 1.29 is 19.1 Å². The van der Waals surface area contributed by atoms with Crippen LogP contribution in [0, 0.1) is 0 Å². The van der Waals surface area contributed by atoms with Gasteiger partial charge in [-0.1, -0.05) is 48.5 Å². The van der Waals surface area contributed by atoms with Crippen molar-refractivity contribution in [3.63, 3.8) is 0 Å². The van der Waals surface area contributed by atoms with Crippen LogP contribution >= 0.6 is 0 Å². The highest BCUT2D eigenvalue weighted by atomic mass is 16.5. The molecule has 5 nitrogen and oxygen atoms in total. The Morgan fingerprint density at radius 2 is 1.72 bits per heavy atom. The smallest absolute Gasteiger partial charge is 0.331 e. The van der Waals surface area contributed by atoms with E-state index in [-0.39, 0.29) is 12.5 Å². The fraction of sp³-hybridized carbons (Fsp3) is 0.167. The Morgan fingerprint density at radius 3 is 2.52 bits per heavy atom. The minimum Gasteiger partial charge on any atom is -0.497 e. The van der Waals surface area contributed by atoms with Gasteiger partial charge in [0.05, 0.1) is 7.11 Å². The van der Waals surface area contributed by atoms with Gasteiger partial charge < -0.3 is 14.8 Å². The fourth-order valence-electron chi connectivity index (χ4n) is 2.86. The first-order valence-corrected chi connectivity index (χ1v) is 9.37. The number of ether oxygens (including phenoxy) is 2. The van der Waals surface area contributed by atoms with Gasteiger partial charge in [-0.3, -0.25) is 4.79 Å². The van der Waals surface area contributed by atoms with Crippen molar-refractivity contribution in [2.45, 2.75) is 6.42 Å². The Labute approximate surface area is 170 Å². The molecule has 148 valence electrons. The van der Waals surface area contributed by atoms with Gasteiger partial charge >= 0.3 is 5.97 Å². The largest absolute Gasteiger partial charge is 0.497 e. The molecule has 5 heteroatoms. The minimum absolute atomic E-state index is 0.296. The van der Waals surface area contributed by atoms with E-state index in [1.807, 2.05) is 66.7 Å². The summed E-state index contributed by atoms with van der Waals surface area (Å²) in [5.41, 5.74) is 2.01. The van der Waals surface area contributed by atoms with Crippen molar-refractivity contribution in [1.29, 1.82) is 0 Å². The molecule has 0 fully saturated rings. The molecule has 0 aliphatic carbocycles. The molecule has 0 aliphatic rings. The number of carbonyl (C=O) groups is 2. The molecule has 0 spiro atoms. The molecule has 0 radical (unpaired) electrons. The van der Waals surface area contributed by atoms with Gasteiger partial charge in [-0.25, -0.2) is 4.79 Å². The molecule has 0 unspecified atom stereocenters. The second kappa shape index (κ2) is 10.1. The van der Waals surface area contributed by atoms with Crippen LogP contribution in [-0.4, -0.2) is 32.1 Å². The van der Waals surface area contributed by atoms with Crippen LogP contribution in [0.25, 0.3) is 16.8 Å². The zero-order valence-electron chi connectivity index (χ0n) is 16.3. The third-order valence-corrected chi connectivity index (χ3v) is 4.41. The van der Waals surface area contributed by atoms with Gasteiger partial charge in [-0.15, -0.1) is 0 Å². The van der Waals surface area contributed by atoms with Gasteiger partial charge in [0.2, 0.25) is 0 Å². The summed E-state index contributed by atoms with van der Waals surface area (Å²) in [6, 6.07) is 21.5. The van der Waals surface area contributed by atoms with Gasteiger partial charge in [0, 0.05) is 12.6 Å². The van der Waals surface area contributed by atoms with E-state index in [0.29, 0.717) is 6.54 Å². The highest BCUT2D eigenvalue weighted by molar-refractivity contribution is 5.91. The van der Waals surface area contributed by atoms with Gasteiger partial charge in [-0.2, -0.15) is 0 Å². The van der Waals surface area contributed by atoms with Crippen LogP contribution in [0.15, 0.2) is 72.8 Å². The third kappa shape index (κ3) is 6.21. The van der Waals surface area contributed by atoms with E-state index in [1.54, 1.807) is 13.2 Å². The van der Waals surface area contributed by atoms with Crippen LogP contribution in [0.3, 0.4) is 0 Å². The zero-order valence-corrected chi connectivity index (χ0v) is 16.3. The Hall–Kier alpha value is -3.60. The Balaban J connectivity index is 1.44. The lowest BCUT2D eigenvalue weighted by Crippen LogP contribution is -2.30. The highest BCUT2D eigenvalue weighted by Crippen LogP contribution is 2.22. The Morgan fingerprint density at radius 1 is 0.966 bits per heavy atom. The molecule has 3 rings (SSSR count). The number of methoxy groups -OCH3 is 1. The number of nitrogens with one attached hydrogen (secondary N) is 1. The molecule has 29 heavy (non-hydrogen) atoms. The minimum atomic E-state index is -0.557. The predicted molar refractivity (Wildman–Crippen MR) is 114 cm³/mol.